The second-order valence-electron chi connectivity index (χ2n) is 6.91. The number of para-hydroxylation sites is 1. The number of ether oxygens (including phenoxy) is 1. The summed E-state index contributed by atoms with van der Waals surface area (Å²) >= 11 is 1.44. The molecule has 0 spiro atoms. The van der Waals surface area contributed by atoms with Gasteiger partial charge in [0.15, 0.2) is 12.3 Å². The third kappa shape index (κ3) is 3.37. The zero-order chi connectivity index (χ0) is 19.7. The zero-order valence-corrected chi connectivity index (χ0v) is 16.1. The van der Waals surface area contributed by atoms with E-state index in [-0.39, 0.29) is 5.69 Å². The molecule has 8 heteroatoms. The highest BCUT2D eigenvalue weighted by atomic mass is 32.1. The molecule has 1 aliphatic rings. The molecule has 1 amide bonds. The zero-order valence-electron chi connectivity index (χ0n) is 15.2. The topological polar surface area (TPSA) is 108 Å². The summed E-state index contributed by atoms with van der Waals surface area (Å²) in [7, 11) is 0. The van der Waals surface area contributed by atoms with Crippen molar-refractivity contribution in [2.75, 3.05) is 11.9 Å². The number of hydrogen-bond acceptors (Lipinski definition) is 6. The van der Waals surface area contributed by atoms with Crippen molar-refractivity contribution < 1.29 is 14.3 Å². The number of thiophene rings is 1. The number of H-pyrrole nitrogens is 1. The van der Waals surface area contributed by atoms with E-state index >= 15 is 0 Å². The van der Waals surface area contributed by atoms with Crippen LogP contribution in [0, 0.1) is 17.2 Å². The molecular formula is C20H18N4O3S. The molecule has 0 saturated heterocycles. The van der Waals surface area contributed by atoms with Gasteiger partial charge in [-0.25, -0.2) is 4.79 Å². The summed E-state index contributed by atoms with van der Waals surface area (Å²) in [5.41, 5.74) is 2.43. The lowest BCUT2D eigenvalue weighted by atomic mass is 9.89. The first-order chi connectivity index (χ1) is 13.6. The average molecular weight is 394 g/mol. The molecule has 3 aromatic rings. The molecule has 0 bridgehead atoms. The molecule has 0 fully saturated rings. The Bertz CT molecular complexity index is 1110. The monoisotopic (exact) mass is 394 g/mol. The molecule has 1 aromatic carbocycles. The second-order valence-corrected chi connectivity index (χ2v) is 8.01. The van der Waals surface area contributed by atoms with Crippen molar-refractivity contribution in [1.82, 2.24) is 10.2 Å². The number of benzene rings is 1. The number of nitrogens with one attached hydrogen (secondary N) is 2. The van der Waals surface area contributed by atoms with Crippen LogP contribution in [0.1, 0.15) is 39.8 Å². The van der Waals surface area contributed by atoms with Crippen LogP contribution in [0.4, 0.5) is 5.00 Å². The van der Waals surface area contributed by atoms with E-state index in [4.69, 9.17) is 4.74 Å². The van der Waals surface area contributed by atoms with E-state index in [9.17, 15) is 14.9 Å². The number of nitrogens with zero attached hydrogens (tertiary/aromatic N) is 2. The van der Waals surface area contributed by atoms with E-state index in [1.54, 1.807) is 18.2 Å². The van der Waals surface area contributed by atoms with Gasteiger partial charge in [0.25, 0.3) is 5.91 Å². The molecule has 0 aliphatic heterocycles. The normalized spacial score (nSPS) is 15.6. The largest absolute Gasteiger partial charge is 0.451 e. The number of aromatic nitrogens is 2. The number of aromatic amines is 1. The van der Waals surface area contributed by atoms with E-state index in [1.165, 1.54) is 11.3 Å². The maximum Gasteiger partial charge on any atom is 0.359 e. The summed E-state index contributed by atoms with van der Waals surface area (Å²) < 4.78 is 5.11. The Morgan fingerprint density at radius 1 is 1.43 bits per heavy atom. The van der Waals surface area contributed by atoms with Crippen LogP contribution in [-0.2, 0) is 22.4 Å². The van der Waals surface area contributed by atoms with Crippen LogP contribution in [0.15, 0.2) is 24.3 Å². The maximum atomic E-state index is 12.3. The van der Waals surface area contributed by atoms with Crippen molar-refractivity contribution in [3.8, 4) is 6.07 Å². The van der Waals surface area contributed by atoms with E-state index in [0.717, 1.165) is 35.2 Å². The first-order valence-electron chi connectivity index (χ1n) is 9.01. The minimum atomic E-state index is -0.674. The molecule has 142 valence electrons. The number of carbonyl (C=O) groups excluding carboxylic acids is 2. The van der Waals surface area contributed by atoms with Gasteiger partial charge < -0.3 is 10.1 Å². The predicted octanol–water partition coefficient (Wildman–Crippen LogP) is 3.42. The summed E-state index contributed by atoms with van der Waals surface area (Å²) in [6.45, 7) is 1.75. The van der Waals surface area contributed by atoms with Crippen molar-refractivity contribution in [2.45, 2.75) is 26.2 Å². The summed E-state index contributed by atoms with van der Waals surface area (Å²) in [5.74, 6) is -0.574. The fourth-order valence-electron chi connectivity index (χ4n) is 3.44. The molecule has 0 saturated carbocycles. The minimum absolute atomic E-state index is 0.140. The molecule has 28 heavy (non-hydrogen) atoms. The number of amides is 1. The van der Waals surface area contributed by atoms with Crippen molar-refractivity contribution in [3.63, 3.8) is 0 Å². The Kier molecular flexibility index (Phi) is 4.84. The number of nitriles is 1. The highest BCUT2D eigenvalue weighted by Gasteiger charge is 2.25. The van der Waals surface area contributed by atoms with Crippen molar-refractivity contribution in [2.24, 2.45) is 5.92 Å². The Morgan fingerprint density at radius 3 is 3.07 bits per heavy atom. The Balaban J connectivity index is 1.43. The van der Waals surface area contributed by atoms with Gasteiger partial charge in [-0.1, -0.05) is 25.1 Å². The molecule has 0 radical (unpaired) electrons. The van der Waals surface area contributed by atoms with Crippen LogP contribution in [0.25, 0.3) is 10.9 Å². The third-order valence-corrected chi connectivity index (χ3v) is 6.04. The van der Waals surface area contributed by atoms with E-state index in [2.05, 4.69) is 28.5 Å². The Morgan fingerprint density at radius 2 is 2.25 bits per heavy atom. The van der Waals surface area contributed by atoms with E-state index < -0.39 is 18.5 Å². The van der Waals surface area contributed by atoms with Gasteiger partial charge in [0.05, 0.1) is 11.1 Å². The standard InChI is InChI=1S/C20H18N4O3S/c1-11-6-7-12-14(9-21)19(28-16(12)8-11)22-17(25)10-27-20(26)18-13-4-2-3-5-15(13)23-24-18/h2-5,11H,6-8,10H2,1H3,(H,22,25)(H,23,24)/t11-/m1/s1. The van der Waals surface area contributed by atoms with Crippen molar-refractivity contribution in [1.29, 1.82) is 5.26 Å². The first-order valence-corrected chi connectivity index (χ1v) is 9.83. The first kappa shape index (κ1) is 18.2. The number of hydrogen-bond donors (Lipinski definition) is 2. The fraction of sp³-hybridized carbons (Fsp3) is 0.300. The summed E-state index contributed by atoms with van der Waals surface area (Å²) in [4.78, 5) is 25.7. The SMILES string of the molecule is C[C@@H]1CCc2c(sc(NC(=O)COC(=O)c3n[nH]c4ccccc34)c2C#N)C1. The van der Waals surface area contributed by atoms with Crippen molar-refractivity contribution in [3.05, 3.63) is 46.0 Å². The van der Waals surface area contributed by atoms with E-state index in [1.807, 2.05) is 6.07 Å². The molecule has 7 nitrogen and oxygen atoms in total. The molecule has 1 atom stereocenters. The lowest BCUT2D eigenvalue weighted by Gasteiger charge is -2.17. The van der Waals surface area contributed by atoms with Crippen LogP contribution in [0.5, 0.6) is 0 Å². The molecule has 4 rings (SSSR count). The summed E-state index contributed by atoms with van der Waals surface area (Å²) in [5, 5.41) is 20.1. The van der Waals surface area contributed by atoms with Gasteiger partial charge in [0.1, 0.15) is 11.1 Å². The molecule has 2 N–H and O–H groups in total. The number of carbonyl (C=O) groups is 2. The van der Waals surface area contributed by atoms with Crippen molar-refractivity contribution >= 4 is 39.1 Å². The van der Waals surface area contributed by atoms with Gasteiger partial charge in [-0.05, 0) is 36.8 Å². The number of esters is 1. The number of rotatable bonds is 4. The van der Waals surface area contributed by atoms with Gasteiger partial charge in [-0.2, -0.15) is 10.4 Å². The van der Waals surface area contributed by atoms with Gasteiger partial charge >= 0.3 is 5.97 Å². The quantitative estimate of drug-likeness (QED) is 0.659. The fourth-order valence-corrected chi connectivity index (χ4v) is 4.82. The second kappa shape index (κ2) is 7.44. The average Bonchev–Trinajstić information content (AvgIpc) is 3.26. The van der Waals surface area contributed by atoms with Crippen LogP contribution in [-0.4, -0.2) is 28.7 Å². The van der Waals surface area contributed by atoms with Gasteiger partial charge in [-0.15, -0.1) is 11.3 Å². The minimum Gasteiger partial charge on any atom is -0.451 e. The van der Waals surface area contributed by atoms with Crippen LogP contribution >= 0.6 is 11.3 Å². The van der Waals surface area contributed by atoms with Gasteiger partial charge in [-0.3, -0.25) is 9.89 Å². The molecule has 2 aromatic heterocycles. The van der Waals surface area contributed by atoms with E-state index in [0.29, 0.717) is 21.9 Å². The lowest BCUT2D eigenvalue weighted by Crippen LogP contribution is -2.21. The molecule has 1 aliphatic carbocycles. The van der Waals surface area contributed by atoms with Crippen LogP contribution in [0.3, 0.4) is 0 Å². The summed E-state index contributed by atoms with van der Waals surface area (Å²) in [6, 6.07) is 9.39. The van der Waals surface area contributed by atoms with Crippen LogP contribution in [0.2, 0.25) is 0 Å². The Labute approximate surface area is 165 Å². The third-order valence-electron chi connectivity index (χ3n) is 4.87. The molecule has 0 unspecified atom stereocenters. The predicted molar refractivity (Wildman–Crippen MR) is 105 cm³/mol. The van der Waals surface area contributed by atoms with Gasteiger partial charge in [0.2, 0.25) is 0 Å². The van der Waals surface area contributed by atoms with Gasteiger partial charge in [0, 0.05) is 10.3 Å². The number of anilines is 1. The Hall–Kier alpha value is -3.18. The highest BCUT2D eigenvalue weighted by Crippen LogP contribution is 2.39. The lowest BCUT2D eigenvalue weighted by molar-refractivity contribution is -0.119. The maximum absolute atomic E-state index is 12.3. The summed E-state index contributed by atoms with van der Waals surface area (Å²) in [6.07, 6.45) is 2.82. The smallest absolute Gasteiger partial charge is 0.359 e. The van der Waals surface area contributed by atoms with Crippen LogP contribution < -0.4 is 5.32 Å². The molecular weight excluding hydrogens is 376 g/mol. The molecule has 2 heterocycles. The number of fused-ring (bicyclic) bond motifs is 2. The highest BCUT2D eigenvalue weighted by molar-refractivity contribution is 7.16.